The quantitative estimate of drug-likeness (QED) is 0.0971. The van der Waals surface area contributed by atoms with Crippen LogP contribution in [0.4, 0.5) is 4.39 Å². The molecule has 0 amide bonds. The van der Waals surface area contributed by atoms with Crippen molar-refractivity contribution in [3.63, 3.8) is 0 Å². The van der Waals surface area contributed by atoms with Crippen LogP contribution in [0.3, 0.4) is 0 Å². The Balaban J connectivity index is 0.000000853. The molecule has 2 aliphatic carbocycles. The lowest BCUT2D eigenvalue weighted by molar-refractivity contribution is -0.105. The Kier molecular flexibility index (Phi) is 20.4. The highest BCUT2D eigenvalue weighted by molar-refractivity contribution is 5.84. The number of hydrogen-bond acceptors (Lipinski definition) is 5. The van der Waals surface area contributed by atoms with Gasteiger partial charge in [0.15, 0.2) is 0 Å². The lowest BCUT2D eigenvalue weighted by Gasteiger charge is -2.33. The number of aliphatic hydroxyl groups excluding tert-OH is 3. The Bertz CT molecular complexity index is 1100. The predicted molar refractivity (Wildman–Crippen MR) is 181 cm³/mol. The third-order valence-electron chi connectivity index (χ3n) is 9.33. The van der Waals surface area contributed by atoms with Crippen molar-refractivity contribution in [1.29, 1.82) is 0 Å². The van der Waals surface area contributed by atoms with Gasteiger partial charge in [-0.15, -0.1) is 6.58 Å². The average Bonchev–Trinajstić information content (AvgIpc) is 3.09. The summed E-state index contributed by atoms with van der Waals surface area (Å²) in [5, 5.41) is 27.6. The van der Waals surface area contributed by atoms with Crippen LogP contribution in [0, 0.1) is 17.8 Å². The molecule has 0 spiro atoms. The highest BCUT2D eigenvalue weighted by Gasteiger charge is 2.28. The third-order valence-corrected chi connectivity index (χ3v) is 9.33. The van der Waals surface area contributed by atoms with Crippen LogP contribution in [0.1, 0.15) is 107 Å². The molecule has 0 radical (unpaired) electrons. The standard InChI is InChI=1S/C32H45FO.C4H6O2.CH4O.CH2O/c1-23(2)19-32(22-34)27-12-10-26(11-13-27)29-15-17-30-20-28(14-16-31(30)21-29)25-8-6-24(7-9-25)5-3-4-18-33;1-4(2-5)3-6;2*1-2/h14-17,20-21,24-27,32,34H,1,3-13,18-19,22H2,2H3;2,6H,1,3H2;2H,1H3;1H2. The first kappa shape index (κ1) is 39.4. The van der Waals surface area contributed by atoms with Crippen molar-refractivity contribution in [3.8, 4) is 0 Å². The zero-order valence-electron chi connectivity index (χ0n) is 27.2. The van der Waals surface area contributed by atoms with Gasteiger partial charge in [-0.1, -0.05) is 61.4 Å². The minimum absolute atomic E-state index is 0.158. The number of aldehydes is 1. The van der Waals surface area contributed by atoms with Crippen LogP contribution < -0.4 is 0 Å². The Morgan fingerprint density at radius 1 is 0.864 bits per heavy atom. The second-order valence-corrected chi connectivity index (χ2v) is 12.4. The van der Waals surface area contributed by atoms with Gasteiger partial charge in [0.25, 0.3) is 0 Å². The Hall–Kier alpha value is -2.67. The molecular weight excluding hydrogens is 555 g/mol. The van der Waals surface area contributed by atoms with Crippen molar-refractivity contribution in [2.75, 3.05) is 27.0 Å². The van der Waals surface area contributed by atoms with E-state index in [0.717, 1.165) is 32.3 Å². The van der Waals surface area contributed by atoms with Crippen molar-refractivity contribution in [2.45, 2.75) is 95.8 Å². The molecule has 0 bridgehead atoms. The molecular formula is C38H57FO5. The molecule has 5 nitrogen and oxygen atoms in total. The normalized spacial score (nSPS) is 21.7. The molecule has 2 saturated carbocycles. The molecule has 0 heterocycles. The summed E-state index contributed by atoms with van der Waals surface area (Å²) < 4.78 is 12.4. The minimum atomic E-state index is -0.233. The number of alkyl halides is 1. The number of aliphatic hydroxyl groups is 3. The number of benzene rings is 2. The highest BCUT2D eigenvalue weighted by atomic mass is 19.1. The van der Waals surface area contributed by atoms with Crippen molar-refractivity contribution >= 4 is 23.8 Å². The van der Waals surface area contributed by atoms with E-state index in [1.54, 1.807) is 0 Å². The number of fused-ring (bicyclic) bond motifs is 1. The molecule has 2 aromatic rings. The van der Waals surface area contributed by atoms with Crippen molar-refractivity contribution in [1.82, 2.24) is 0 Å². The summed E-state index contributed by atoms with van der Waals surface area (Å²) in [5.41, 5.74) is 4.41. The van der Waals surface area contributed by atoms with E-state index in [1.165, 1.54) is 85.3 Å². The van der Waals surface area contributed by atoms with E-state index in [4.69, 9.17) is 15.0 Å². The summed E-state index contributed by atoms with van der Waals surface area (Å²) in [6.45, 7) is 11.2. The van der Waals surface area contributed by atoms with Gasteiger partial charge in [0.1, 0.15) is 13.1 Å². The largest absolute Gasteiger partial charge is 0.400 e. The average molecular weight is 613 g/mol. The molecule has 0 aromatic heterocycles. The molecule has 4 rings (SSSR count). The van der Waals surface area contributed by atoms with Crippen LogP contribution in [-0.2, 0) is 9.59 Å². The first-order chi connectivity index (χ1) is 21.4. The van der Waals surface area contributed by atoms with Crippen LogP contribution in [-0.4, -0.2) is 55.4 Å². The fraction of sp³-hybridized carbons (Fsp3) is 0.579. The van der Waals surface area contributed by atoms with E-state index in [2.05, 4.69) is 56.5 Å². The van der Waals surface area contributed by atoms with Crippen molar-refractivity contribution in [3.05, 3.63) is 71.8 Å². The van der Waals surface area contributed by atoms with Gasteiger partial charge in [-0.05, 0) is 123 Å². The van der Waals surface area contributed by atoms with E-state index < -0.39 is 0 Å². The smallest absolute Gasteiger partial charge is 0.147 e. The van der Waals surface area contributed by atoms with Crippen LogP contribution in [0.2, 0.25) is 0 Å². The number of carbonyl (C=O) groups excluding carboxylic acids is 2. The summed E-state index contributed by atoms with van der Waals surface area (Å²) in [7, 11) is 1.00. The number of carbonyl (C=O) groups is 2. The SMILES string of the molecule is C=C(C)CC(CO)C1CCC(c2ccc3cc(C4CCC(CCCCF)CC4)ccc3c2)CC1.C=C(C=O)CO.C=O.CO. The molecule has 44 heavy (non-hydrogen) atoms. The van der Waals surface area contributed by atoms with E-state index in [1.807, 2.05) is 6.79 Å². The molecule has 3 N–H and O–H groups in total. The summed E-state index contributed by atoms with van der Waals surface area (Å²) in [6.07, 6.45) is 14.6. The van der Waals surface area contributed by atoms with Gasteiger partial charge in [0, 0.05) is 19.3 Å². The van der Waals surface area contributed by atoms with Gasteiger partial charge in [-0.2, -0.15) is 0 Å². The highest BCUT2D eigenvalue weighted by Crippen LogP contribution is 2.42. The van der Waals surface area contributed by atoms with E-state index in [9.17, 15) is 14.3 Å². The summed E-state index contributed by atoms with van der Waals surface area (Å²) in [5.74, 6) is 3.18. The maximum absolute atomic E-state index is 12.4. The van der Waals surface area contributed by atoms with Gasteiger partial charge < -0.3 is 20.1 Å². The fourth-order valence-electron chi connectivity index (χ4n) is 6.89. The Morgan fingerprint density at radius 3 is 1.75 bits per heavy atom. The first-order valence-electron chi connectivity index (χ1n) is 16.2. The number of hydrogen-bond donors (Lipinski definition) is 3. The van der Waals surface area contributed by atoms with Gasteiger partial charge in [0.2, 0.25) is 0 Å². The minimum Gasteiger partial charge on any atom is -0.400 e. The second kappa shape index (κ2) is 22.8. The molecule has 0 aliphatic heterocycles. The van der Waals surface area contributed by atoms with Crippen molar-refractivity contribution < 1.29 is 29.3 Å². The second-order valence-electron chi connectivity index (χ2n) is 12.4. The maximum atomic E-state index is 12.4. The molecule has 2 fully saturated rings. The summed E-state index contributed by atoms with van der Waals surface area (Å²) >= 11 is 0. The van der Waals surface area contributed by atoms with E-state index in [0.29, 0.717) is 36.6 Å². The van der Waals surface area contributed by atoms with Gasteiger partial charge in [-0.25, -0.2) is 0 Å². The van der Waals surface area contributed by atoms with Crippen LogP contribution in [0.25, 0.3) is 10.8 Å². The lowest BCUT2D eigenvalue weighted by atomic mass is 9.72. The molecule has 2 aliphatic rings. The van der Waals surface area contributed by atoms with Gasteiger partial charge >= 0.3 is 0 Å². The molecule has 1 atom stereocenters. The fourth-order valence-corrected chi connectivity index (χ4v) is 6.89. The Labute approximate surface area is 265 Å². The van der Waals surface area contributed by atoms with Gasteiger partial charge in [0.05, 0.1) is 13.3 Å². The third kappa shape index (κ3) is 13.1. The Morgan fingerprint density at radius 2 is 1.36 bits per heavy atom. The zero-order chi connectivity index (χ0) is 32.9. The number of allylic oxidation sites excluding steroid dienone is 1. The molecule has 2 aromatic carbocycles. The number of unbranched alkanes of at least 4 members (excludes halogenated alkanes) is 1. The van der Waals surface area contributed by atoms with E-state index >= 15 is 0 Å². The predicted octanol–water partition coefficient (Wildman–Crippen LogP) is 8.26. The summed E-state index contributed by atoms with van der Waals surface area (Å²) in [6, 6.07) is 14.3. The molecule has 246 valence electrons. The van der Waals surface area contributed by atoms with Crippen LogP contribution in [0.15, 0.2) is 60.7 Å². The maximum Gasteiger partial charge on any atom is 0.147 e. The zero-order valence-corrected chi connectivity index (χ0v) is 27.2. The monoisotopic (exact) mass is 612 g/mol. The molecule has 0 saturated heterocycles. The topological polar surface area (TPSA) is 94.8 Å². The van der Waals surface area contributed by atoms with Crippen LogP contribution >= 0.6 is 0 Å². The van der Waals surface area contributed by atoms with E-state index in [-0.39, 0.29) is 18.9 Å². The number of rotatable bonds is 12. The molecule has 6 heteroatoms. The molecule has 1 unspecified atom stereocenters. The summed E-state index contributed by atoms with van der Waals surface area (Å²) in [4.78, 5) is 17.5. The van der Waals surface area contributed by atoms with Crippen molar-refractivity contribution in [2.24, 2.45) is 17.8 Å². The number of halogens is 1. The van der Waals surface area contributed by atoms with Crippen LogP contribution in [0.5, 0.6) is 0 Å². The van der Waals surface area contributed by atoms with Gasteiger partial charge in [-0.3, -0.25) is 9.18 Å². The first-order valence-corrected chi connectivity index (χ1v) is 16.2. The lowest BCUT2D eigenvalue weighted by Crippen LogP contribution is -2.24.